The number of anilines is 1. The molecule has 1 aliphatic rings. The van der Waals surface area contributed by atoms with Crippen LogP contribution in [-0.4, -0.2) is 51.3 Å². The number of aromatic nitrogens is 2. The van der Waals surface area contributed by atoms with Crippen LogP contribution in [-0.2, 0) is 6.54 Å². The lowest BCUT2D eigenvalue weighted by molar-refractivity contribution is -0.384. The van der Waals surface area contributed by atoms with Gasteiger partial charge in [-0.15, -0.1) is 0 Å². The number of nitro benzene ring substituents is 1. The fourth-order valence-corrected chi connectivity index (χ4v) is 3.53. The van der Waals surface area contributed by atoms with Gasteiger partial charge in [-0.05, 0) is 24.3 Å². The number of hydrogen-bond acceptors (Lipinski definition) is 6. The summed E-state index contributed by atoms with van der Waals surface area (Å²) in [6.07, 6.45) is 3.99. The van der Waals surface area contributed by atoms with Gasteiger partial charge in [0.15, 0.2) is 0 Å². The number of benzene rings is 1. The smallest absolute Gasteiger partial charge is 0.293 e. The minimum absolute atomic E-state index is 0.0925. The summed E-state index contributed by atoms with van der Waals surface area (Å²) in [7, 11) is 0. The van der Waals surface area contributed by atoms with E-state index in [1.54, 1.807) is 6.07 Å². The lowest BCUT2D eigenvalue weighted by atomic mass is 10.1. The van der Waals surface area contributed by atoms with Gasteiger partial charge in [-0.3, -0.25) is 19.8 Å². The van der Waals surface area contributed by atoms with Gasteiger partial charge in [-0.1, -0.05) is 6.07 Å². The van der Waals surface area contributed by atoms with Gasteiger partial charge in [0.05, 0.1) is 10.6 Å². The summed E-state index contributed by atoms with van der Waals surface area (Å²) in [6.45, 7) is 3.58. The van der Waals surface area contributed by atoms with Crippen molar-refractivity contribution in [3.63, 3.8) is 0 Å². The normalized spacial score (nSPS) is 15.1. The topological polar surface area (TPSA) is 110 Å². The van der Waals surface area contributed by atoms with Crippen molar-refractivity contribution in [2.75, 3.05) is 31.1 Å². The molecule has 1 aliphatic heterocycles. The summed E-state index contributed by atoms with van der Waals surface area (Å²) in [5.41, 5.74) is 7.72. The fraction of sp³-hybridized carbons (Fsp3) is 0.263. The molecule has 4 rings (SSSR count). The molecule has 1 aromatic carbocycles. The maximum Gasteiger partial charge on any atom is 0.293 e. The molecular weight excluding hydrogens is 360 g/mol. The molecule has 2 aromatic heterocycles. The largest absolute Gasteiger partial charge is 0.366 e. The highest BCUT2D eigenvalue weighted by Gasteiger charge is 2.25. The van der Waals surface area contributed by atoms with Crippen LogP contribution in [0.3, 0.4) is 0 Å². The van der Waals surface area contributed by atoms with E-state index >= 15 is 0 Å². The molecule has 0 spiro atoms. The molecule has 1 fully saturated rings. The molecule has 9 heteroatoms. The number of fused-ring (bicyclic) bond motifs is 1. The number of carbonyl (C=O) groups is 1. The van der Waals surface area contributed by atoms with Crippen molar-refractivity contribution >= 4 is 22.9 Å². The molecular formula is C19H20N6O3. The van der Waals surface area contributed by atoms with Crippen LogP contribution in [0.25, 0.3) is 5.65 Å². The summed E-state index contributed by atoms with van der Waals surface area (Å²) in [5, 5.41) is 11.4. The van der Waals surface area contributed by atoms with E-state index in [1.165, 1.54) is 12.1 Å². The summed E-state index contributed by atoms with van der Waals surface area (Å²) in [6, 6.07) is 10.3. The number of nitrogens with two attached hydrogens (primary N) is 1. The Balaban J connectivity index is 1.45. The van der Waals surface area contributed by atoms with Gasteiger partial charge >= 0.3 is 0 Å². The molecule has 9 nitrogen and oxygen atoms in total. The Labute approximate surface area is 161 Å². The number of nitro groups is 1. The van der Waals surface area contributed by atoms with E-state index in [0.717, 1.165) is 31.0 Å². The summed E-state index contributed by atoms with van der Waals surface area (Å²) in [4.78, 5) is 31.2. The van der Waals surface area contributed by atoms with Gasteiger partial charge in [-0.2, -0.15) is 0 Å². The molecule has 0 aliphatic carbocycles. The SMILES string of the molecule is NC(=O)c1ccc(N2CCN(Cc3cn4ccccc4n3)CC2)c([N+](=O)[O-])c1. The monoisotopic (exact) mass is 380 g/mol. The number of primary amides is 1. The zero-order valence-corrected chi connectivity index (χ0v) is 15.2. The number of imidazole rings is 1. The summed E-state index contributed by atoms with van der Waals surface area (Å²) < 4.78 is 2.00. The first-order chi connectivity index (χ1) is 13.5. The van der Waals surface area contributed by atoms with Crippen LogP contribution >= 0.6 is 0 Å². The number of amides is 1. The maximum atomic E-state index is 11.4. The van der Waals surface area contributed by atoms with E-state index < -0.39 is 10.8 Å². The number of piperazine rings is 1. The van der Waals surface area contributed by atoms with E-state index in [4.69, 9.17) is 5.73 Å². The molecule has 0 atom stereocenters. The molecule has 3 heterocycles. The third-order valence-corrected chi connectivity index (χ3v) is 4.97. The molecule has 0 bridgehead atoms. The first-order valence-electron chi connectivity index (χ1n) is 8.99. The minimum Gasteiger partial charge on any atom is -0.366 e. The Hall–Kier alpha value is -3.46. The van der Waals surface area contributed by atoms with E-state index in [-0.39, 0.29) is 11.3 Å². The van der Waals surface area contributed by atoms with Crippen LogP contribution in [0.1, 0.15) is 16.1 Å². The van der Waals surface area contributed by atoms with E-state index in [9.17, 15) is 14.9 Å². The standard InChI is InChI=1S/C19H20N6O3/c20-19(26)14-4-5-16(17(11-14)25(27)28)23-9-7-22(8-10-23)12-15-13-24-6-2-1-3-18(24)21-15/h1-6,11,13H,7-10,12H2,(H2,20,26). The van der Waals surface area contributed by atoms with Crippen molar-refractivity contribution < 1.29 is 9.72 Å². The average molecular weight is 380 g/mol. The molecule has 0 radical (unpaired) electrons. The van der Waals surface area contributed by atoms with Crippen LogP contribution < -0.4 is 10.6 Å². The van der Waals surface area contributed by atoms with Crippen molar-refractivity contribution in [2.45, 2.75) is 6.54 Å². The van der Waals surface area contributed by atoms with Gasteiger partial charge < -0.3 is 15.0 Å². The summed E-state index contributed by atoms with van der Waals surface area (Å²) in [5.74, 6) is -0.674. The second-order valence-electron chi connectivity index (χ2n) is 6.79. The third-order valence-electron chi connectivity index (χ3n) is 4.97. The summed E-state index contributed by atoms with van der Waals surface area (Å²) >= 11 is 0. The van der Waals surface area contributed by atoms with Gasteiger partial charge in [0, 0.05) is 56.7 Å². The molecule has 2 N–H and O–H groups in total. The molecule has 0 unspecified atom stereocenters. The molecule has 28 heavy (non-hydrogen) atoms. The second-order valence-corrected chi connectivity index (χ2v) is 6.79. The van der Waals surface area contributed by atoms with Crippen molar-refractivity contribution in [1.29, 1.82) is 0 Å². The Kier molecular flexibility index (Phi) is 4.66. The number of pyridine rings is 1. The van der Waals surface area contributed by atoms with E-state index in [0.29, 0.717) is 18.8 Å². The fourth-order valence-electron chi connectivity index (χ4n) is 3.53. The Morgan fingerprint density at radius 1 is 1.18 bits per heavy atom. The molecule has 1 saturated heterocycles. The van der Waals surface area contributed by atoms with Crippen molar-refractivity contribution in [2.24, 2.45) is 5.73 Å². The highest BCUT2D eigenvalue weighted by atomic mass is 16.6. The predicted molar refractivity (Wildman–Crippen MR) is 104 cm³/mol. The van der Waals surface area contributed by atoms with Crippen molar-refractivity contribution in [3.8, 4) is 0 Å². The van der Waals surface area contributed by atoms with Crippen LogP contribution in [0, 0.1) is 10.1 Å². The zero-order valence-electron chi connectivity index (χ0n) is 15.2. The zero-order chi connectivity index (χ0) is 19.7. The predicted octanol–water partition coefficient (Wildman–Crippen LogP) is 1.66. The van der Waals surface area contributed by atoms with Gasteiger partial charge in [0.2, 0.25) is 5.91 Å². The number of rotatable bonds is 5. The first kappa shape index (κ1) is 17.9. The number of carbonyl (C=O) groups excluding carboxylic acids is 1. The van der Waals surface area contributed by atoms with Crippen LogP contribution in [0.2, 0.25) is 0 Å². The highest BCUT2D eigenvalue weighted by molar-refractivity contribution is 5.94. The Morgan fingerprint density at radius 3 is 2.64 bits per heavy atom. The van der Waals surface area contributed by atoms with E-state index in [1.807, 2.05) is 39.9 Å². The molecule has 0 saturated carbocycles. The quantitative estimate of drug-likeness (QED) is 0.532. The van der Waals surface area contributed by atoms with Gasteiger partial charge in [-0.25, -0.2) is 4.98 Å². The molecule has 3 aromatic rings. The Bertz CT molecular complexity index is 1010. The minimum atomic E-state index is -0.674. The number of nitrogens with zero attached hydrogens (tertiary/aromatic N) is 5. The van der Waals surface area contributed by atoms with E-state index in [2.05, 4.69) is 9.88 Å². The molecule has 1 amide bonds. The second kappa shape index (κ2) is 7.28. The lowest BCUT2D eigenvalue weighted by Crippen LogP contribution is -2.46. The molecule has 144 valence electrons. The third kappa shape index (κ3) is 3.52. The van der Waals surface area contributed by atoms with Crippen LogP contribution in [0.4, 0.5) is 11.4 Å². The number of hydrogen-bond donors (Lipinski definition) is 1. The van der Waals surface area contributed by atoms with Crippen LogP contribution in [0.5, 0.6) is 0 Å². The van der Waals surface area contributed by atoms with Gasteiger partial charge in [0.25, 0.3) is 5.69 Å². The highest BCUT2D eigenvalue weighted by Crippen LogP contribution is 2.30. The Morgan fingerprint density at radius 2 is 1.96 bits per heavy atom. The first-order valence-corrected chi connectivity index (χ1v) is 8.99. The maximum absolute atomic E-state index is 11.4. The van der Waals surface area contributed by atoms with Crippen molar-refractivity contribution in [3.05, 3.63) is 70.2 Å². The van der Waals surface area contributed by atoms with Gasteiger partial charge in [0.1, 0.15) is 11.3 Å². The van der Waals surface area contributed by atoms with Crippen molar-refractivity contribution in [1.82, 2.24) is 14.3 Å². The lowest BCUT2D eigenvalue weighted by Gasteiger charge is -2.35. The van der Waals surface area contributed by atoms with Crippen LogP contribution in [0.15, 0.2) is 48.8 Å². The average Bonchev–Trinajstić information content (AvgIpc) is 3.10.